The first kappa shape index (κ1) is 23.3. The highest BCUT2D eigenvalue weighted by molar-refractivity contribution is 7.85. The van der Waals surface area contributed by atoms with Crippen LogP contribution in [0, 0.1) is 0 Å². The molecule has 0 fully saturated rings. The zero-order valence-electron chi connectivity index (χ0n) is 16.7. The maximum absolute atomic E-state index is 12.2. The van der Waals surface area contributed by atoms with E-state index in [9.17, 15) is 23.7 Å². The van der Waals surface area contributed by atoms with E-state index in [2.05, 4.69) is 10.6 Å². The van der Waals surface area contributed by atoms with Crippen molar-refractivity contribution in [3.8, 4) is 0 Å². The second-order valence-electron chi connectivity index (χ2n) is 6.81. The molecule has 0 aliphatic carbocycles. The number of nitrogens with one attached hydrogen (secondary N) is 2. The largest absolute Gasteiger partial charge is 0.480 e. The topological polar surface area (TPSA) is 113 Å². The van der Waals surface area contributed by atoms with Crippen molar-refractivity contribution in [1.82, 2.24) is 10.6 Å². The molecule has 30 heavy (non-hydrogen) atoms. The highest BCUT2D eigenvalue weighted by Crippen LogP contribution is 2.11. The summed E-state index contributed by atoms with van der Waals surface area (Å²) < 4.78 is 12.2. The lowest BCUT2D eigenvalue weighted by Gasteiger charge is -2.16. The third-order valence-electron chi connectivity index (χ3n) is 4.49. The van der Waals surface area contributed by atoms with Crippen LogP contribution in [0.2, 0.25) is 0 Å². The van der Waals surface area contributed by atoms with Crippen LogP contribution in [-0.2, 0) is 25.2 Å². The van der Waals surface area contributed by atoms with Crippen molar-refractivity contribution in [2.75, 3.05) is 5.75 Å². The van der Waals surface area contributed by atoms with Crippen molar-refractivity contribution >= 4 is 28.6 Å². The highest BCUT2D eigenvalue weighted by Gasteiger charge is 2.21. The molecule has 0 aliphatic rings. The minimum atomic E-state index is -1.35. The van der Waals surface area contributed by atoms with Crippen LogP contribution in [0.5, 0.6) is 0 Å². The van der Waals surface area contributed by atoms with Gasteiger partial charge in [-0.05, 0) is 31.0 Å². The minimum Gasteiger partial charge on any atom is -0.480 e. The summed E-state index contributed by atoms with van der Waals surface area (Å²) in [5.74, 6) is -1.92. The van der Waals surface area contributed by atoms with Gasteiger partial charge in [0.05, 0.1) is 16.8 Å². The summed E-state index contributed by atoms with van der Waals surface area (Å²) in [5, 5.41) is 14.6. The summed E-state index contributed by atoms with van der Waals surface area (Å²) in [6, 6.07) is 16.8. The van der Waals surface area contributed by atoms with Crippen molar-refractivity contribution < 1.29 is 23.7 Å². The lowest BCUT2D eigenvalue weighted by Crippen LogP contribution is -2.42. The van der Waals surface area contributed by atoms with Crippen molar-refractivity contribution in [2.24, 2.45) is 0 Å². The van der Waals surface area contributed by atoms with Gasteiger partial charge in [-0.1, -0.05) is 48.5 Å². The van der Waals surface area contributed by atoms with Crippen LogP contribution in [0.1, 0.15) is 37.8 Å². The molecule has 8 heteroatoms. The number of carboxylic acids is 1. The molecule has 0 spiro atoms. The molecule has 0 heterocycles. The second kappa shape index (κ2) is 11.9. The fourth-order valence-electron chi connectivity index (χ4n) is 2.80. The van der Waals surface area contributed by atoms with E-state index in [1.165, 1.54) is 0 Å². The molecule has 0 saturated carbocycles. The Kier molecular flexibility index (Phi) is 9.21. The lowest BCUT2D eigenvalue weighted by molar-refractivity contribution is -0.141. The molecule has 160 valence electrons. The summed E-state index contributed by atoms with van der Waals surface area (Å²) in [7, 11) is -1.35. The summed E-state index contributed by atoms with van der Waals surface area (Å²) in [4.78, 5) is 36.2. The van der Waals surface area contributed by atoms with Gasteiger partial charge in [0, 0.05) is 23.5 Å². The Morgan fingerprint density at radius 2 is 1.43 bits per heavy atom. The molecule has 2 aromatic carbocycles. The van der Waals surface area contributed by atoms with Crippen LogP contribution in [0.4, 0.5) is 0 Å². The van der Waals surface area contributed by atoms with Crippen LogP contribution in [-0.4, -0.2) is 38.9 Å². The Balaban J connectivity index is 1.77. The average Bonchev–Trinajstić information content (AvgIpc) is 2.76. The predicted molar refractivity (Wildman–Crippen MR) is 114 cm³/mol. The number of aliphatic carboxylic acids is 1. The number of carbonyl (C=O) groups is 3. The van der Waals surface area contributed by atoms with Crippen LogP contribution in [0.25, 0.3) is 0 Å². The first-order valence-electron chi connectivity index (χ1n) is 9.66. The third-order valence-corrected chi connectivity index (χ3v) is 5.89. The van der Waals surface area contributed by atoms with Gasteiger partial charge in [0.1, 0.15) is 6.04 Å². The smallest absolute Gasteiger partial charge is 0.326 e. The predicted octanol–water partition coefficient (Wildman–Crippen LogP) is 2.41. The summed E-state index contributed by atoms with van der Waals surface area (Å²) in [5.41, 5.74) is 0.952. The molecule has 3 N–H and O–H groups in total. The number of hydrogen-bond donors (Lipinski definition) is 3. The van der Waals surface area contributed by atoms with Gasteiger partial charge in [0.25, 0.3) is 0 Å². The number of amides is 2. The fraction of sp³-hybridized carbons (Fsp3) is 0.318. The Bertz CT molecular complexity index is 874. The molecule has 0 bridgehead atoms. The third kappa shape index (κ3) is 7.79. The SMILES string of the molecule is C[C@@H](NC(=O)CCC(=O)N[C@@H](CC[S@@](=O)c1ccccc1)C(=O)O)c1ccccc1. The van der Waals surface area contributed by atoms with Crippen molar-refractivity contribution in [1.29, 1.82) is 0 Å². The Hall–Kier alpha value is -3.00. The molecule has 0 saturated heterocycles. The quantitative estimate of drug-likeness (QED) is 0.507. The van der Waals surface area contributed by atoms with E-state index in [0.29, 0.717) is 4.90 Å². The summed E-state index contributed by atoms with van der Waals surface area (Å²) in [6.07, 6.45) is -0.149. The standard InChI is InChI=1S/C22H26N2O5S/c1-16(17-8-4-2-5-9-17)23-20(25)12-13-21(26)24-19(22(27)28)14-15-30(29)18-10-6-3-7-11-18/h2-11,16,19H,12-15H2,1H3,(H,23,25)(H,24,26)(H,27,28)/t16-,19+,30-/m1/s1. The molecular weight excluding hydrogens is 404 g/mol. The van der Waals surface area contributed by atoms with Gasteiger partial charge in [-0.15, -0.1) is 0 Å². The first-order chi connectivity index (χ1) is 14.4. The van der Waals surface area contributed by atoms with Gasteiger partial charge in [-0.25, -0.2) is 4.79 Å². The zero-order valence-corrected chi connectivity index (χ0v) is 17.6. The van der Waals surface area contributed by atoms with Gasteiger partial charge < -0.3 is 15.7 Å². The van der Waals surface area contributed by atoms with E-state index in [-0.39, 0.29) is 37.0 Å². The Morgan fingerprint density at radius 1 is 0.900 bits per heavy atom. The van der Waals surface area contributed by atoms with E-state index in [0.717, 1.165) is 5.56 Å². The molecule has 3 atom stereocenters. The van der Waals surface area contributed by atoms with Gasteiger partial charge in [0.15, 0.2) is 0 Å². The van der Waals surface area contributed by atoms with E-state index in [4.69, 9.17) is 0 Å². The molecule has 2 amide bonds. The van der Waals surface area contributed by atoms with Crippen molar-refractivity contribution in [3.63, 3.8) is 0 Å². The van der Waals surface area contributed by atoms with Crippen molar-refractivity contribution in [3.05, 3.63) is 66.2 Å². The first-order valence-corrected chi connectivity index (χ1v) is 11.0. The number of carboxylic acid groups (broad SMARTS) is 1. The van der Waals surface area contributed by atoms with Crippen LogP contribution in [0.15, 0.2) is 65.6 Å². The van der Waals surface area contributed by atoms with Crippen LogP contribution < -0.4 is 10.6 Å². The fourth-order valence-corrected chi connectivity index (χ4v) is 3.95. The summed E-state index contributed by atoms with van der Waals surface area (Å²) in [6.45, 7) is 1.85. The lowest BCUT2D eigenvalue weighted by atomic mass is 10.1. The van der Waals surface area contributed by atoms with Crippen molar-refractivity contribution in [2.45, 2.75) is 43.2 Å². The van der Waals surface area contributed by atoms with E-state index in [1.807, 2.05) is 37.3 Å². The van der Waals surface area contributed by atoms with Gasteiger partial charge >= 0.3 is 5.97 Å². The van der Waals surface area contributed by atoms with E-state index < -0.39 is 28.7 Å². The summed E-state index contributed by atoms with van der Waals surface area (Å²) >= 11 is 0. The van der Waals surface area contributed by atoms with Crippen LogP contribution in [0.3, 0.4) is 0 Å². The Labute approximate surface area is 178 Å². The minimum absolute atomic E-state index is 0.0276. The molecule has 0 unspecified atom stereocenters. The van der Waals surface area contributed by atoms with Gasteiger partial charge in [0.2, 0.25) is 11.8 Å². The second-order valence-corrected chi connectivity index (χ2v) is 8.38. The molecule has 2 rings (SSSR count). The maximum atomic E-state index is 12.2. The van der Waals surface area contributed by atoms with Gasteiger partial charge in [-0.2, -0.15) is 0 Å². The monoisotopic (exact) mass is 430 g/mol. The number of hydrogen-bond acceptors (Lipinski definition) is 4. The van der Waals surface area contributed by atoms with E-state index in [1.54, 1.807) is 30.3 Å². The average molecular weight is 431 g/mol. The highest BCUT2D eigenvalue weighted by atomic mass is 32.2. The number of rotatable bonds is 11. The molecule has 7 nitrogen and oxygen atoms in total. The van der Waals surface area contributed by atoms with Crippen LogP contribution >= 0.6 is 0 Å². The van der Waals surface area contributed by atoms with E-state index >= 15 is 0 Å². The Morgan fingerprint density at radius 3 is 2.00 bits per heavy atom. The molecule has 0 aromatic heterocycles. The maximum Gasteiger partial charge on any atom is 0.326 e. The normalized spacial score (nSPS) is 13.6. The molecule has 0 aliphatic heterocycles. The van der Waals surface area contributed by atoms with Gasteiger partial charge in [-0.3, -0.25) is 13.8 Å². The molecular formula is C22H26N2O5S. The molecule has 0 radical (unpaired) electrons. The number of benzene rings is 2. The number of carbonyl (C=O) groups excluding carboxylic acids is 2. The molecule has 2 aromatic rings. The zero-order chi connectivity index (χ0) is 21.9.